The van der Waals surface area contributed by atoms with Crippen LogP contribution in [0.15, 0.2) is 30.3 Å². The van der Waals surface area contributed by atoms with Crippen molar-refractivity contribution in [3.8, 4) is 0 Å². The van der Waals surface area contributed by atoms with Crippen LogP contribution in [0.3, 0.4) is 0 Å². The average Bonchev–Trinajstić information content (AvgIpc) is 2.91. The monoisotopic (exact) mass is 266 g/mol. The largest absolute Gasteiger partial charge is 0.384 e. The Morgan fingerprint density at radius 3 is 2.89 bits per heavy atom. The highest BCUT2D eigenvalue weighted by molar-refractivity contribution is 7.99. The molecule has 2 unspecified atom stereocenters. The minimum Gasteiger partial charge on any atom is -0.384 e. The molecular formula is C13H18N2O2S. The molecule has 1 aromatic carbocycles. The zero-order chi connectivity index (χ0) is 13.0. The summed E-state index contributed by atoms with van der Waals surface area (Å²) < 4.78 is 0. The molecule has 0 saturated carbocycles. The molecule has 18 heavy (non-hydrogen) atoms. The van der Waals surface area contributed by atoms with Crippen molar-refractivity contribution in [1.82, 2.24) is 10.6 Å². The maximum absolute atomic E-state index is 11.8. The molecule has 0 aromatic heterocycles. The highest BCUT2D eigenvalue weighted by Gasteiger charge is 2.27. The Morgan fingerprint density at radius 2 is 2.28 bits per heavy atom. The van der Waals surface area contributed by atoms with Crippen LogP contribution in [0.1, 0.15) is 12.5 Å². The van der Waals surface area contributed by atoms with Gasteiger partial charge in [-0.2, -0.15) is 0 Å². The van der Waals surface area contributed by atoms with Gasteiger partial charge in [0, 0.05) is 11.6 Å². The predicted octanol–water partition coefficient (Wildman–Crippen LogP) is 0.673. The number of hydrogen-bond donors (Lipinski definition) is 3. The lowest BCUT2D eigenvalue weighted by molar-refractivity contribution is -0.123. The van der Waals surface area contributed by atoms with Crippen molar-refractivity contribution in [2.45, 2.75) is 18.6 Å². The maximum atomic E-state index is 11.8. The molecule has 1 heterocycles. The van der Waals surface area contributed by atoms with Gasteiger partial charge in [0.15, 0.2) is 0 Å². The molecule has 0 bridgehead atoms. The molecule has 3 N–H and O–H groups in total. The summed E-state index contributed by atoms with van der Waals surface area (Å²) in [6, 6.07) is 9.23. The second-order valence-electron chi connectivity index (χ2n) is 4.63. The third-order valence-corrected chi connectivity index (χ3v) is 3.98. The summed E-state index contributed by atoms with van der Waals surface area (Å²) in [5.41, 5.74) is -0.234. The third kappa shape index (κ3) is 3.25. The first-order valence-corrected chi connectivity index (χ1v) is 7.12. The van der Waals surface area contributed by atoms with Crippen LogP contribution in [-0.2, 0) is 10.4 Å². The second-order valence-corrected chi connectivity index (χ2v) is 5.66. The molecule has 1 aliphatic heterocycles. The Labute approximate surface area is 111 Å². The molecule has 4 nitrogen and oxygen atoms in total. The van der Waals surface area contributed by atoms with E-state index < -0.39 is 5.60 Å². The molecule has 98 valence electrons. The van der Waals surface area contributed by atoms with E-state index in [-0.39, 0.29) is 18.5 Å². The number of carbonyl (C=O) groups excluding carboxylic acids is 1. The van der Waals surface area contributed by atoms with Crippen LogP contribution in [0.2, 0.25) is 0 Å². The normalized spacial score (nSPS) is 22.4. The molecule has 1 aromatic rings. The van der Waals surface area contributed by atoms with Gasteiger partial charge in [-0.25, -0.2) is 0 Å². The van der Waals surface area contributed by atoms with Crippen LogP contribution in [0.25, 0.3) is 0 Å². The van der Waals surface area contributed by atoms with Crippen LogP contribution in [0, 0.1) is 0 Å². The lowest BCUT2D eigenvalue weighted by Crippen LogP contribution is -2.46. The number of nitrogens with one attached hydrogen (secondary N) is 2. The second kappa shape index (κ2) is 5.73. The van der Waals surface area contributed by atoms with E-state index in [9.17, 15) is 9.90 Å². The van der Waals surface area contributed by atoms with Crippen molar-refractivity contribution >= 4 is 17.7 Å². The zero-order valence-electron chi connectivity index (χ0n) is 10.3. The summed E-state index contributed by atoms with van der Waals surface area (Å²) in [7, 11) is 0. The number of amides is 1. The van der Waals surface area contributed by atoms with Gasteiger partial charge in [0.2, 0.25) is 5.91 Å². The fourth-order valence-corrected chi connectivity index (χ4v) is 2.79. The van der Waals surface area contributed by atoms with E-state index in [2.05, 4.69) is 10.6 Å². The number of rotatable bonds is 4. The number of aliphatic hydroxyl groups is 1. The quantitative estimate of drug-likeness (QED) is 0.750. The fourth-order valence-electron chi connectivity index (χ4n) is 1.85. The molecular weight excluding hydrogens is 248 g/mol. The van der Waals surface area contributed by atoms with E-state index in [4.69, 9.17) is 0 Å². The number of thioether (sulfide) groups is 1. The van der Waals surface area contributed by atoms with Gasteiger partial charge in [-0.1, -0.05) is 30.3 Å². The maximum Gasteiger partial charge on any atom is 0.238 e. The lowest BCUT2D eigenvalue weighted by Gasteiger charge is -2.25. The van der Waals surface area contributed by atoms with Crippen LogP contribution >= 0.6 is 11.8 Å². The van der Waals surface area contributed by atoms with E-state index in [1.807, 2.05) is 30.3 Å². The van der Waals surface area contributed by atoms with Gasteiger partial charge in [0.05, 0.1) is 12.6 Å². The van der Waals surface area contributed by atoms with E-state index in [1.165, 1.54) is 0 Å². The standard InChI is InChI=1S/C13H18N2O2S/c1-13(17,10-5-3-2-4-6-10)8-14-12(16)11-7-18-9-15-11/h2-6,11,15,17H,7-9H2,1H3,(H,14,16). The van der Waals surface area contributed by atoms with E-state index in [0.717, 1.165) is 17.2 Å². The molecule has 2 atom stereocenters. The van der Waals surface area contributed by atoms with Crippen molar-refractivity contribution < 1.29 is 9.90 Å². The van der Waals surface area contributed by atoms with Gasteiger partial charge < -0.3 is 10.4 Å². The Hall–Kier alpha value is -1.04. The molecule has 5 heteroatoms. The van der Waals surface area contributed by atoms with Gasteiger partial charge in [-0.15, -0.1) is 11.8 Å². The summed E-state index contributed by atoms with van der Waals surface area (Å²) in [5.74, 6) is 1.56. The van der Waals surface area contributed by atoms with E-state index >= 15 is 0 Å². The van der Waals surface area contributed by atoms with Crippen molar-refractivity contribution in [1.29, 1.82) is 0 Å². The Morgan fingerprint density at radius 1 is 1.56 bits per heavy atom. The molecule has 1 aliphatic rings. The van der Waals surface area contributed by atoms with E-state index in [0.29, 0.717) is 0 Å². The van der Waals surface area contributed by atoms with Gasteiger partial charge >= 0.3 is 0 Å². The third-order valence-electron chi connectivity index (χ3n) is 3.04. The minimum absolute atomic E-state index is 0.0452. The fraction of sp³-hybridized carbons (Fsp3) is 0.462. The average molecular weight is 266 g/mol. The SMILES string of the molecule is CC(O)(CNC(=O)C1CSCN1)c1ccccc1. The molecule has 1 amide bonds. The zero-order valence-corrected chi connectivity index (χ0v) is 11.2. The summed E-state index contributed by atoms with van der Waals surface area (Å²) in [5, 5.41) is 16.2. The van der Waals surface area contributed by atoms with Gasteiger partial charge in [-0.05, 0) is 12.5 Å². The first-order chi connectivity index (χ1) is 8.59. The van der Waals surface area contributed by atoms with Gasteiger partial charge in [0.1, 0.15) is 5.60 Å². The van der Waals surface area contributed by atoms with Crippen molar-refractivity contribution in [3.63, 3.8) is 0 Å². The van der Waals surface area contributed by atoms with Crippen molar-refractivity contribution in [3.05, 3.63) is 35.9 Å². The van der Waals surface area contributed by atoms with Crippen LogP contribution in [0.4, 0.5) is 0 Å². The molecule has 0 spiro atoms. The Bertz CT molecular complexity index is 403. The van der Waals surface area contributed by atoms with Crippen LogP contribution < -0.4 is 10.6 Å². The molecule has 0 aliphatic carbocycles. The van der Waals surface area contributed by atoms with Gasteiger partial charge in [0.25, 0.3) is 0 Å². The first-order valence-electron chi connectivity index (χ1n) is 5.96. The molecule has 2 rings (SSSR count). The first kappa shape index (κ1) is 13.4. The van der Waals surface area contributed by atoms with Gasteiger partial charge in [-0.3, -0.25) is 10.1 Å². The highest BCUT2D eigenvalue weighted by atomic mass is 32.2. The lowest BCUT2D eigenvalue weighted by atomic mass is 9.96. The topological polar surface area (TPSA) is 61.4 Å². The summed E-state index contributed by atoms with van der Waals surface area (Å²) in [4.78, 5) is 11.8. The summed E-state index contributed by atoms with van der Waals surface area (Å²) in [6.45, 7) is 1.93. The summed E-state index contributed by atoms with van der Waals surface area (Å²) >= 11 is 1.71. The molecule has 1 saturated heterocycles. The highest BCUT2D eigenvalue weighted by Crippen LogP contribution is 2.19. The van der Waals surface area contributed by atoms with Crippen LogP contribution in [-0.4, -0.2) is 35.2 Å². The minimum atomic E-state index is -1.04. The van der Waals surface area contributed by atoms with Crippen LogP contribution in [0.5, 0.6) is 0 Å². The smallest absolute Gasteiger partial charge is 0.238 e. The number of carbonyl (C=O) groups is 1. The van der Waals surface area contributed by atoms with Crippen molar-refractivity contribution in [2.24, 2.45) is 0 Å². The predicted molar refractivity (Wildman–Crippen MR) is 73.3 cm³/mol. The Balaban J connectivity index is 1.90. The summed E-state index contributed by atoms with van der Waals surface area (Å²) in [6.07, 6.45) is 0. The Kier molecular flexibility index (Phi) is 4.27. The number of benzene rings is 1. The van der Waals surface area contributed by atoms with Crippen molar-refractivity contribution in [2.75, 3.05) is 18.2 Å². The molecule has 0 radical (unpaired) electrons. The molecule has 1 fully saturated rings. The van der Waals surface area contributed by atoms with E-state index in [1.54, 1.807) is 18.7 Å². The number of hydrogen-bond acceptors (Lipinski definition) is 4.